The molecule has 0 aliphatic carbocycles. The number of hydrogen-bond acceptors (Lipinski definition) is 6. The van der Waals surface area contributed by atoms with Crippen molar-refractivity contribution in [1.29, 1.82) is 5.26 Å². The van der Waals surface area contributed by atoms with Crippen LogP contribution >= 0.6 is 24.8 Å². The molecule has 0 atom stereocenters. The van der Waals surface area contributed by atoms with Gasteiger partial charge in [0.05, 0.1) is 30.1 Å². The van der Waals surface area contributed by atoms with Gasteiger partial charge in [0.2, 0.25) is 0 Å². The van der Waals surface area contributed by atoms with Gasteiger partial charge in [-0.2, -0.15) is 10.4 Å². The lowest BCUT2D eigenvalue weighted by Crippen LogP contribution is -2.48. The molecule has 0 radical (unpaired) electrons. The van der Waals surface area contributed by atoms with Gasteiger partial charge in [0.25, 0.3) is 0 Å². The van der Waals surface area contributed by atoms with Crippen LogP contribution in [0, 0.1) is 11.3 Å². The Bertz CT molecular complexity index is 1030. The van der Waals surface area contributed by atoms with E-state index in [4.69, 9.17) is 10.5 Å². The predicted molar refractivity (Wildman–Crippen MR) is 123 cm³/mol. The van der Waals surface area contributed by atoms with Gasteiger partial charge in [0.15, 0.2) is 0 Å². The normalized spacial score (nSPS) is 15.1. The number of aromatic nitrogens is 3. The summed E-state index contributed by atoms with van der Waals surface area (Å²) in [6.07, 6.45) is 7.13. The number of nitrogens with two attached hydrogens (primary N) is 1. The molecule has 0 aromatic carbocycles. The van der Waals surface area contributed by atoms with Crippen molar-refractivity contribution in [1.82, 2.24) is 14.6 Å². The maximum atomic E-state index is 9.46. The maximum absolute atomic E-state index is 9.46. The lowest BCUT2D eigenvalue weighted by Gasteiger charge is -2.37. The smallest absolute Gasteiger partial charge is 0.138 e. The Labute approximate surface area is 188 Å². The molecular formula is C21H26Cl2N6O. The fourth-order valence-electron chi connectivity index (χ4n) is 3.62. The molecular weight excluding hydrogens is 423 g/mol. The Morgan fingerprint density at radius 1 is 1.23 bits per heavy atom. The minimum Gasteiger partial charge on any atom is -0.492 e. The molecule has 7 nitrogen and oxygen atoms in total. The van der Waals surface area contributed by atoms with Crippen molar-refractivity contribution in [3.05, 3.63) is 42.4 Å². The lowest BCUT2D eigenvalue weighted by molar-refractivity contribution is 0.338. The molecule has 0 bridgehead atoms. The molecule has 3 aromatic rings. The van der Waals surface area contributed by atoms with Gasteiger partial charge in [-0.3, -0.25) is 0 Å². The summed E-state index contributed by atoms with van der Waals surface area (Å²) in [5.41, 5.74) is 9.24. The third-order valence-electron chi connectivity index (χ3n) is 5.31. The van der Waals surface area contributed by atoms with E-state index in [1.165, 1.54) is 0 Å². The van der Waals surface area contributed by atoms with Gasteiger partial charge in [0.1, 0.15) is 17.6 Å². The predicted octanol–water partition coefficient (Wildman–Crippen LogP) is 3.83. The Morgan fingerprint density at radius 3 is 2.57 bits per heavy atom. The van der Waals surface area contributed by atoms with Crippen LogP contribution < -0.4 is 15.4 Å². The fraction of sp³-hybridized carbons (Fsp3) is 0.381. The van der Waals surface area contributed by atoms with Gasteiger partial charge in [-0.25, -0.2) is 9.50 Å². The summed E-state index contributed by atoms with van der Waals surface area (Å²) in [4.78, 5) is 6.95. The summed E-state index contributed by atoms with van der Waals surface area (Å²) in [5.74, 6) is 1.66. The SMILES string of the molecule is CCOc1cc(-c2ccc(N3CCC(C)(N)CC3)nc2)c2c(C#N)cnn2c1.Cl.Cl. The van der Waals surface area contributed by atoms with Crippen LogP contribution in [0.4, 0.5) is 5.82 Å². The van der Waals surface area contributed by atoms with Crippen LogP contribution in [-0.4, -0.2) is 39.8 Å². The highest BCUT2D eigenvalue weighted by Gasteiger charge is 2.26. The molecule has 1 aliphatic rings. The van der Waals surface area contributed by atoms with E-state index in [1.54, 1.807) is 16.9 Å². The topological polar surface area (TPSA) is 92.5 Å². The van der Waals surface area contributed by atoms with Gasteiger partial charge in [-0.1, -0.05) is 0 Å². The molecule has 4 rings (SSSR count). The number of fused-ring (bicyclic) bond motifs is 1. The molecule has 2 N–H and O–H groups in total. The number of nitriles is 1. The second kappa shape index (κ2) is 9.52. The monoisotopic (exact) mass is 448 g/mol. The van der Waals surface area contributed by atoms with Gasteiger partial charge >= 0.3 is 0 Å². The van der Waals surface area contributed by atoms with Crippen molar-refractivity contribution < 1.29 is 4.74 Å². The third-order valence-corrected chi connectivity index (χ3v) is 5.31. The number of rotatable bonds is 4. The average molecular weight is 449 g/mol. The van der Waals surface area contributed by atoms with Crippen molar-refractivity contribution in [2.75, 3.05) is 24.6 Å². The molecule has 9 heteroatoms. The van der Waals surface area contributed by atoms with Crippen molar-refractivity contribution in [3.8, 4) is 22.9 Å². The van der Waals surface area contributed by atoms with Crippen LogP contribution in [0.15, 0.2) is 36.8 Å². The minimum atomic E-state index is -0.0858. The number of nitrogens with zero attached hydrogens (tertiary/aromatic N) is 5. The Morgan fingerprint density at radius 2 is 1.97 bits per heavy atom. The molecule has 0 amide bonds. The summed E-state index contributed by atoms with van der Waals surface area (Å²) >= 11 is 0. The molecule has 160 valence electrons. The van der Waals surface area contributed by atoms with Gasteiger partial charge in [-0.15, -0.1) is 24.8 Å². The quantitative estimate of drug-likeness (QED) is 0.651. The van der Waals surface area contributed by atoms with E-state index in [-0.39, 0.29) is 30.4 Å². The van der Waals surface area contributed by atoms with Gasteiger partial charge < -0.3 is 15.4 Å². The van der Waals surface area contributed by atoms with E-state index < -0.39 is 0 Å². The molecule has 1 aliphatic heterocycles. The maximum Gasteiger partial charge on any atom is 0.138 e. The summed E-state index contributed by atoms with van der Waals surface area (Å²) < 4.78 is 7.37. The van der Waals surface area contributed by atoms with E-state index >= 15 is 0 Å². The van der Waals surface area contributed by atoms with Crippen LogP contribution in [0.25, 0.3) is 16.6 Å². The van der Waals surface area contributed by atoms with Crippen LogP contribution in [0.1, 0.15) is 32.3 Å². The summed E-state index contributed by atoms with van der Waals surface area (Å²) in [5, 5.41) is 13.8. The van der Waals surface area contributed by atoms with Crippen molar-refractivity contribution >= 4 is 36.1 Å². The zero-order valence-corrected chi connectivity index (χ0v) is 18.7. The number of ether oxygens (including phenoxy) is 1. The molecule has 1 fully saturated rings. The second-order valence-electron chi connectivity index (χ2n) is 7.53. The van der Waals surface area contributed by atoms with Crippen LogP contribution in [0.3, 0.4) is 0 Å². The molecule has 30 heavy (non-hydrogen) atoms. The molecule has 0 spiro atoms. The lowest BCUT2D eigenvalue weighted by atomic mass is 9.91. The van der Waals surface area contributed by atoms with Crippen molar-refractivity contribution in [2.24, 2.45) is 5.73 Å². The minimum absolute atomic E-state index is 0. The van der Waals surface area contributed by atoms with Crippen LogP contribution in [-0.2, 0) is 0 Å². The summed E-state index contributed by atoms with van der Waals surface area (Å²) in [7, 11) is 0. The average Bonchev–Trinajstić information content (AvgIpc) is 3.11. The Kier molecular flexibility index (Phi) is 7.54. The number of anilines is 1. The molecule has 1 saturated heterocycles. The Balaban J connectivity index is 0.00000160. The van der Waals surface area contributed by atoms with Crippen molar-refractivity contribution in [2.45, 2.75) is 32.2 Å². The third kappa shape index (κ3) is 4.62. The van der Waals surface area contributed by atoms with Crippen molar-refractivity contribution in [3.63, 3.8) is 0 Å². The fourth-order valence-corrected chi connectivity index (χ4v) is 3.62. The van der Waals surface area contributed by atoms with E-state index in [1.807, 2.05) is 31.3 Å². The van der Waals surface area contributed by atoms with Gasteiger partial charge in [0, 0.05) is 36.0 Å². The number of pyridine rings is 2. The molecule has 4 heterocycles. The first-order valence-electron chi connectivity index (χ1n) is 9.55. The largest absolute Gasteiger partial charge is 0.492 e. The van der Waals surface area contributed by atoms with E-state index in [9.17, 15) is 5.26 Å². The Hall–Kier alpha value is -2.53. The molecule has 0 saturated carbocycles. The first-order chi connectivity index (χ1) is 13.5. The zero-order valence-electron chi connectivity index (χ0n) is 17.0. The second-order valence-corrected chi connectivity index (χ2v) is 7.53. The van der Waals surface area contributed by atoms with Crippen LogP contribution in [0.2, 0.25) is 0 Å². The highest BCUT2D eigenvalue weighted by Crippen LogP contribution is 2.32. The molecule has 3 aromatic heterocycles. The standard InChI is InChI=1S/C21H24N6O.2ClH/c1-3-28-17-10-18(20-16(11-22)13-25-27(20)14-17)15-4-5-19(24-12-15)26-8-6-21(2,23)7-9-26;;/h4-5,10,12-14H,3,6-9,23H2,1-2H3;2*1H. The first-order valence-corrected chi connectivity index (χ1v) is 9.55. The highest BCUT2D eigenvalue weighted by molar-refractivity contribution is 5.86. The van der Waals surface area contributed by atoms with E-state index in [2.05, 4.69) is 28.0 Å². The number of halogens is 2. The number of hydrogen-bond donors (Lipinski definition) is 1. The highest BCUT2D eigenvalue weighted by atomic mass is 35.5. The summed E-state index contributed by atoms with van der Waals surface area (Å²) in [6.45, 7) is 6.42. The summed E-state index contributed by atoms with van der Waals surface area (Å²) in [6, 6.07) is 8.23. The van der Waals surface area contributed by atoms with Crippen LogP contribution in [0.5, 0.6) is 5.75 Å². The molecule has 0 unspecified atom stereocenters. The van der Waals surface area contributed by atoms with Gasteiger partial charge in [-0.05, 0) is 44.9 Å². The van der Waals surface area contributed by atoms with E-state index in [0.29, 0.717) is 17.9 Å². The van der Waals surface area contributed by atoms with E-state index in [0.717, 1.165) is 48.4 Å². The zero-order chi connectivity index (χ0) is 19.7. The first kappa shape index (κ1) is 23.7. The number of piperidine rings is 1.